The largest absolute Gasteiger partial charge is 0.460 e. The minimum absolute atomic E-state index is 0.00429. The Bertz CT molecular complexity index is 753. The first-order valence-electron chi connectivity index (χ1n) is 14.1. The van der Waals surface area contributed by atoms with Crippen LogP contribution in [-0.2, 0) is 28.7 Å². The maximum Gasteiger partial charge on any atom is 0.302 e. The van der Waals surface area contributed by atoms with Crippen molar-refractivity contribution < 1.29 is 28.7 Å². The van der Waals surface area contributed by atoms with Gasteiger partial charge in [0.15, 0.2) is 11.6 Å². The second kappa shape index (κ2) is 19.0. The van der Waals surface area contributed by atoms with Gasteiger partial charge in [-0.1, -0.05) is 47.5 Å². The summed E-state index contributed by atoms with van der Waals surface area (Å²) in [6, 6.07) is -1.46. The van der Waals surface area contributed by atoms with Gasteiger partial charge in [0.1, 0.15) is 18.4 Å². The molecule has 0 bridgehead atoms. The summed E-state index contributed by atoms with van der Waals surface area (Å²) in [5.41, 5.74) is 0. The summed E-state index contributed by atoms with van der Waals surface area (Å²) < 4.78 is 5.46. The van der Waals surface area contributed by atoms with Crippen molar-refractivity contribution in [2.45, 2.75) is 117 Å². The number of carbonyl (C=O) groups excluding carboxylic acids is 5. The van der Waals surface area contributed by atoms with E-state index in [1.165, 1.54) is 6.92 Å². The van der Waals surface area contributed by atoms with E-state index in [2.05, 4.69) is 24.5 Å². The maximum atomic E-state index is 13.1. The van der Waals surface area contributed by atoms with Crippen LogP contribution in [0, 0.1) is 17.8 Å². The van der Waals surface area contributed by atoms with Gasteiger partial charge in [0, 0.05) is 32.1 Å². The normalized spacial score (nSPS) is 15.6. The number of hydrogen-bond donors (Lipinski definition) is 2. The van der Waals surface area contributed by atoms with Gasteiger partial charge in [0.05, 0.1) is 12.1 Å². The van der Waals surface area contributed by atoms with Crippen molar-refractivity contribution in [3.63, 3.8) is 0 Å². The van der Waals surface area contributed by atoms with E-state index in [0.29, 0.717) is 38.0 Å². The number of ether oxygens (including phenoxy) is 1. The molecule has 0 aliphatic carbocycles. The van der Waals surface area contributed by atoms with Gasteiger partial charge in [-0.05, 0) is 52.2 Å². The Morgan fingerprint density at radius 2 is 1.45 bits per heavy atom. The Morgan fingerprint density at radius 3 is 1.87 bits per heavy atom. The molecule has 2 N–H and O–H groups in total. The summed E-state index contributed by atoms with van der Waals surface area (Å²) in [6.45, 7) is 11.1. The van der Waals surface area contributed by atoms with Crippen LogP contribution in [0.2, 0.25) is 0 Å². The van der Waals surface area contributed by atoms with Crippen LogP contribution in [0.15, 0.2) is 0 Å². The fourth-order valence-electron chi connectivity index (χ4n) is 4.69. The Balaban J connectivity index is 4.81. The predicted octanol–water partition coefficient (Wildman–Crippen LogP) is 3.33. The van der Waals surface area contributed by atoms with Crippen molar-refractivity contribution in [1.29, 1.82) is 0 Å². The average molecular weight is 540 g/mol. The Hall–Kier alpha value is -2.13. The van der Waals surface area contributed by atoms with E-state index in [1.807, 2.05) is 13.8 Å². The SMILES string of the molecule is CN[C@@H](CC(C)C)C(=O)N[C@H](C(=O)CCCCCCC(=O)[C@H]([C@H](OC(C)=O)[C@H](C)CC=O)N(C)C)C(C)C. The highest BCUT2D eigenvalue weighted by Gasteiger charge is 2.36. The second-order valence-corrected chi connectivity index (χ2v) is 11.4. The summed E-state index contributed by atoms with van der Waals surface area (Å²) in [5.74, 6) is -0.537. The first kappa shape index (κ1) is 35.9. The van der Waals surface area contributed by atoms with Gasteiger partial charge in [-0.3, -0.25) is 24.1 Å². The van der Waals surface area contributed by atoms with E-state index in [1.54, 1.807) is 33.0 Å². The lowest BCUT2D eigenvalue weighted by molar-refractivity contribution is -0.155. The van der Waals surface area contributed by atoms with Crippen LogP contribution in [0.4, 0.5) is 0 Å². The van der Waals surface area contributed by atoms with Crippen molar-refractivity contribution in [2.24, 2.45) is 17.8 Å². The van der Waals surface area contributed by atoms with Crippen molar-refractivity contribution in [3.8, 4) is 0 Å². The van der Waals surface area contributed by atoms with Gasteiger partial charge < -0.3 is 20.2 Å². The lowest BCUT2D eigenvalue weighted by atomic mass is 9.90. The summed E-state index contributed by atoms with van der Waals surface area (Å²) in [4.78, 5) is 63.0. The van der Waals surface area contributed by atoms with Crippen LogP contribution < -0.4 is 10.6 Å². The topological polar surface area (TPSA) is 122 Å². The zero-order valence-electron chi connectivity index (χ0n) is 25.2. The molecule has 0 aliphatic rings. The van der Waals surface area contributed by atoms with Gasteiger partial charge in [0.25, 0.3) is 0 Å². The number of amides is 1. The Morgan fingerprint density at radius 1 is 0.895 bits per heavy atom. The molecule has 0 aromatic carbocycles. The summed E-state index contributed by atoms with van der Waals surface area (Å²) in [7, 11) is 5.29. The molecular formula is C29H53N3O6. The molecule has 0 aromatic heterocycles. The third kappa shape index (κ3) is 13.6. The van der Waals surface area contributed by atoms with Crippen molar-refractivity contribution in [1.82, 2.24) is 15.5 Å². The number of likely N-dealkylation sites (N-methyl/N-ethyl adjacent to an activating group) is 2. The Kier molecular flexibility index (Phi) is 17.9. The molecule has 0 rings (SSSR count). The lowest BCUT2D eigenvalue weighted by Gasteiger charge is -2.33. The number of esters is 1. The third-order valence-electron chi connectivity index (χ3n) is 6.81. The molecule has 0 saturated carbocycles. The van der Waals surface area contributed by atoms with Crippen LogP contribution in [-0.4, -0.2) is 80.0 Å². The monoisotopic (exact) mass is 539 g/mol. The molecule has 0 radical (unpaired) electrons. The Labute approximate surface area is 230 Å². The molecule has 0 spiro atoms. The zero-order valence-corrected chi connectivity index (χ0v) is 25.2. The van der Waals surface area contributed by atoms with Crippen molar-refractivity contribution >= 4 is 29.7 Å². The van der Waals surface area contributed by atoms with Crippen LogP contribution in [0.5, 0.6) is 0 Å². The van der Waals surface area contributed by atoms with Gasteiger partial charge in [-0.25, -0.2) is 0 Å². The number of aldehydes is 1. The first-order chi connectivity index (χ1) is 17.8. The smallest absolute Gasteiger partial charge is 0.302 e. The summed E-state index contributed by atoms with van der Waals surface area (Å²) in [6.07, 6.45) is 4.64. The molecule has 1 amide bonds. The van der Waals surface area contributed by atoms with E-state index in [4.69, 9.17) is 4.74 Å². The number of Topliss-reactive ketones (excluding diaryl/α,β-unsaturated/α-hetero) is 2. The van der Waals surface area contributed by atoms with Crippen LogP contribution in [0.1, 0.15) is 92.9 Å². The fraction of sp³-hybridized carbons (Fsp3) is 0.828. The minimum Gasteiger partial charge on any atom is -0.460 e. The zero-order chi connectivity index (χ0) is 29.4. The molecule has 0 fully saturated rings. The molecule has 9 heteroatoms. The standard InChI is InChI=1S/C29H53N3O6/c1-19(2)18-23(30-7)29(37)31-26(20(3)4)24(35)14-12-10-11-13-15-25(36)27(32(8)9)28(38-22(6)34)21(5)16-17-33/h17,19-21,23,26-28,30H,10-16,18H2,1-9H3,(H,31,37)/t21-,23+,26+,27-,28-/m1/s1. The molecular weight excluding hydrogens is 486 g/mol. The van der Waals surface area contributed by atoms with E-state index in [9.17, 15) is 24.0 Å². The van der Waals surface area contributed by atoms with E-state index in [0.717, 1.165) is 19.1 Å². The number of ketones is 2. The van der Waals surface area contributed by atoms with Gasteiger partial charge in [-0.2, -0.15) is 0 Å². The molecule has 0 aliphatic heterocycles. The highest BCUT2D eigenvalue weighted by Crippen LogP contribution is 2.21. The quantitative estimate of drug-likeness (QED) is 0.129. The molecule has 0 heterocycles. The van der Waals surface area contributed by atoms with Crippen LogP contribution >= 0.6 is 0 Å². The molecule has 0 aromatic rings. The van der Waals surface area contributed by atoms with Gasteiger partial charge >= 0.3 is 5.97 Å². The minimum atomic E-state index is -0.691. The van der Waals surface area contributed by atoms with E-state index in [-0.39, 0.29) is 41.8 Å². The lowest BCUT2D eigenvalue weighted by Crippen LogP contribution is -2.51. The number of hydrogen-bond acceptors (Lipinski definition) is 8. The summed E-state index contributed by atoms with van der Waals surface area (Å²) >= 11 is 0. The van der Waals surface area contributed by atoms with Gasteiger partial charge in [0.2, 0.25) is 5.91 Å². The van der Waals surface area contributed by atoms with Crippen molar-refractivity contribution in [2.75, 3.05) is 21.1 Å². The highest BCUT2D eigenvalue weighted by molar-refractivity contribution is 5.91. The fourth-order valence-corrected chi connectivity index (χ4v) is 4.69. The number of rotatable bonds is 21. The number of unbranched alkanes of at least 4 members (excludes halogenated alkanes) is 3. The summed E-state index contributed by atoms with van der Waals surface area (Å²) in [5, 5.41) is 5.99. The second-order valence-electron chi connectivity index (χ2n) is 11.4. The number of nitrogens with one attached hydrogen (secondary N) is 2. The molecule has 220 valence electrons. The van der Waals surface area contributed by atoms with Crippen molar-refractivity contribution in [3.05, 3.63) is 0 Å². The van der Waals surface area contributed by atoms with E-state index < -0.39 is 24.2 Å². The number of carbonyl (C=O) groups is 5. The molecule has 9 nitrogen and oxygen atoms in total. The number of nitrogens with zero attached hydrogens (tertiary/aromatic N) is 1. The molecule has 0 unspecified atom stereocenters. The predicted molar refractivity (Wildman–Crippen MR) is 150 cm³/mol. The third-order valence-corrected chi connectivity index (χ3v) is 6.81. The van der Waals surface area contributed by atoms with Gasteiger partial charge in [-0.15, -0.1) is 0 Å². The van der Waals surface area contributed by atoms with E-state index >= 15 is 0 Å². The first-order valence-corrected chi connectivity index (χ1v) is 14.1. The molecule has 5 atom stereocenters. The van der Waals surface area contributed by atoms with Crippen LogP contribution in [0.3, 0.4) is 0 Å². The molecule has 0 saturated heterocycles. The van der Waals surface area contributed by atoms with Crippen LogP contribution in [0.25, 0.3) is 0 Å². The molecule has 38 heavy (non-hydrogen) atoms. The average Bonchev–Trinajstić information content (AvgIpc) is 2.81. The highest BCUT2D eigenvalue weighted by atomic mass is 16.5. The maximum absolute atomic E-state index is 13.1.